The number of unbranched alkanes of at least 4 members (excludes halogenated alkanes) is 4. The van der Waals surface area contributed by atoms with Crippen molar-refractivity contribution >= 4 is 45.9 Å². The van der Waals surface area contributed by atoms with Crippen LogP contribution in [0.4, 0.5) is 15.9 Å². The molecule has 1 saturated heterocycles. The largest absolute Gasteiger partial charge is 0.493 e. The number of nitrogens with zero attached hydrogens (tertiary/aromatic N) is 3. The Balaban J connectivity index is 0.000000345. The molecule has 3 N–H and O–H groups in total. The van der Waals surface area contributed by atoms with E-state index in [4.69, 9.17) is 36.0 Å². The molecule has 3 aromatic rings. The highest BCUT2D eigenvalue weighted by Gasteiger charge is 2.14. The minimum absolute atomic E-state index is 0.0364. The lowest BCUT2D eigenvalue weighted by molar-refractivity contribution is -0.138. The van der Waals surface area contributed by atoms with E-state index in [1.165, 1.54) is 18.5 Å². The van der Waals surface area contributed by atoms with E-state index >= 15 is 0 Å². The number of anilines is 2. The monoisotopic (exact) mass is 634 g/mol. The number of rotatable bonds is 16. The average Bonchev–Trinajstić information content (AvgIpc) is 3.01. The van der Waals surface area contributed by atoms with Crippen molar-refractivity contribution < 1.29 is 38.4 Å². The average molecular weight is 635 g/mol. The van der Waals surface area contributed by atoms with Crippen LogP contribution in [0.1, 0.15) is 51.4 Å². The second kappa shape index (κ2) is 18.8. The maximum Gasteiger partial charge on any atom is 0.303 e. The van der Waals surface area contributed by atoms with Crippen LogP contribution < -0.4 is 14.8 Å². The van der Waals surface area contributed by atoms with Crippen LogP contribution in [0.5, 0.6) is 11.5 Å². The Kier molecular flexibility index (Phi) is 14.9. The summed E-state index contributed by atoms with van der Waals surface area (Å²) in [5, 5.41) is 20.6. The second-order valence-corrected chi connectivity index (χ2v) is 10.6. The van der Waals surface area contributed by atoms with E-state index in [2.05, 4.69) is 20.2 Å². The molecule has 11 nitrogen and oxygen atoms in total. The Labute approximate surface area is 261 Å². The maximum absolute atomic E-state index is 13.5. The number of carboxylic acids is 2. The molecule has 4 rings (SSSR count). The van der Waals surface area contributed by atoms with Crippen molar-refractivity contribution in [3.8, 4) is 11.5 Å². The normalized spacial score (nSPS) is 13.2. The fourth-order valence-electron chi connectivity index (χ4n) is 4.52. The number of nitrogens with one attached hydrogen (secondary N) is 1. The molecule has 0 amide bonds. The summed E-state index contributed by atoms with van der Waals surface area (Å²) < 4.78 is 30.4. The zero-order valence-corrected chi connectivity index (χ0v) is 25.7. The van der Waals surface area contributed by atoms with Gasteiger partial charge in [-0.3, -0.25) is 14.5 Å². The predicted molar refractivity (Wildman–Crippen MR) is 166 cm³/mol. The van der Waals surface area contributed by atoms with E-state index < -0.39 is 17.8 Å². The summed E-state index contributed by atoms with van der Waals surface area (Å²) in [5.41, 5.74) is 1.32. The lowest BCUT2D eigenvalue weighted by Crippen LogP contribution is -2.37. The summed E-state index contributed by atoms with van der Waals surface area (Å²) in [6.45, 7) is 5.00. The predicted octanol–water partition coefficient (Wildman–Crippen LogP) is 6.16. The van der Waals surface area contributed by atoms with Gasteiger partial charge in [-0.1, -0.05) is 30.9 Å². The third kappa shape index (κ3) is 12.1. The zero-order valence-electron chi connectivity index (χ0n) is 24.9. The summed E-state index contributed by atoms with van der Waals surface area (Å²) in [6.07, 6.45) is 6.88. The highest BCUT2D eigenvalue weighted by atomic mass is 35.5. The molecular weight excluding hydrogens is 595 g/mol. The second-order valence-electron chi connectivity index (χ2n) is 10.2. The molecule has 1 aliphatic rings. The molecule has 0 bridgehead atoms. The van der Waals surface area contributed by atoms with Gasteiger partial charge in [0, 0.05) is 49.6 Å². The maximum atomic E-state index is 13.5. The third-order valence-electron chi connectivity index (χ3n) is 6.86. The van der Waals surface area contributed by atoms with Gasteiger partial charge >= 0.3 is 11.9 Å². The third-order valence-corrected chi connectivity index (χ3v) is 7.15. The highest BCUT2D eigenvalue weighted by Crippen LogP contribution is 2.35. The van der Waals surface area contributed by atoms with Crippen LogP contribution >= 0.6 is 11.6 Å². The zero-order chi connectivity index (χ0) is 31.7. The number of hydrogen-bond acceptors (Lipinski definition) is 9. The molecule has 2 heterocycles. The molecule has 0 aliphatic carbocycles. The number of aromatic nitrogens is 2. The Hall–Kier alpha value is -3.74. The van der Waals surface area contributed by atoms with Crippen molar-refractivity contribution in [1.29, 1.82) is 0 Å². The van der Waals surface area contributed by atoms with Gasteiger partial charge in [0.2, 0.25) is 0 Å². The number of carbonyl (C=O) groups is 2. The van der Waals surface area contributed by atoms with Crippen molar-refractivity contribution in [2.24, 2.45) is 0 Å². The van der Waals surface area contributed by atoms with Gasteiger partial charge in [0.05, 0.1) is 37.5 Å². The minimum atomic E-state index is -0.759. The van der Waals surface area contributed by atoms with Gasteiger partial charge in [-0.25, -0.2) is 14.4 Å². The number of carboxylic acid groups (broad SMARTS) is 2. The van der Waals surface area contributed by atoms with Gasteiger partial charge in [0.1, 0.15) is 18.0 Å². The summed E-state index contributed by atoms with van der Waals surface area (Å²) in [6, 6.07) is 8.09. The van der Waals surface area contributed by atoms with E-state index in [0.717, 1.165) is 63.9 Å². The standard InChI is InChI=1S/C22H24ClFN4O3.C9H16O4/c1-29-20-13-19-16(12-21(20)31-8-2-5-28-6-9-30-10-7-28)22(26-14-25-19)27-15-3-4-18(24)17(23)11-15;10-8(11)6-4-2-1-3-5-7-9(12)13/h3-4,11-14H,2,5-10H2,1H3,(H,25,26,27);1-7H2,(H,10,11)(H,12,13). The van der Waals surface area contributed by atoms with E-state index in [1.54, 1.807) is 13.2 Å². The van der Waals surface area contributed by atoms with E-state index in [0.29, 0.717) is 48.0 Å². The molecule has 13 heteroatoms. The van der Waals surface area contributed by atoms with E-state index in [9.17, 15) is 14.0 Å². The Morgan fingerprint density at radius 2 is 1.66 bits per heavy atom. The van der Waals surface area contributed by atoms with Crippen molar-refractivity contribution in [1.82, 2.24) is 14.9 Å². The van der Waals surface area contributed by atoms with Crippen molar-refractivity contribution in [2.75, 3.05) is 51.9 Å². The summed E-state index contributed by atoms with van der Waals surface area (Å²) in [5.74, 6) is -0.206. The SMILES string of the molecule is COc1cc2ncnc(Nc3ccc(F)c(Cl)c3)c2cc1OCCCN1CCOCC1.O=C(O)CCCCCCCC(=O)O. The van der Waals surface area contributed by atoms with Gasteiger partial charge < -0.3 is 29.7 Å². The number of methoxy groups -OCH3 is 1. The van der Waals surface area contributed by atoms with Crippen LogP contribution in [0.25, 0.3) is 10.9 Å². The van der Waals surface area contributed by atoms with Crippen molar-refractivity contribution in [2.45, 2.75) is 51.4 Å². The van der Waals surface area contributed by atoms with Crippen LogP contribution in [0.3, 0.4) is 0 Å². The first-order chi connectivity index (χ1) is 21.3. The van der Waals surface area contributed by atoms with Gasteiger partial charge in [-0.05, 0) is 43.5 Å². The summed E-state index contributed by atoms with van der Waals surface area (Å²) >= 11 is 5.90. The molecule has 44 heavy (non-hydrogen) atoms. The fourth-order valence-corrected chi connectivity index (χ4v) is 4.70. The molecule has 0 spiro atoms. The molecule has 2 aromatic carbocycles. The van der Waals surface area contributed by atoms with Crippen LogP contribution in [0.2, 0.25) is 5.02 Å². The first-order valence-corrected chi connectivity index (χ1v) is 15.1. The lowest BCUT2D eigenvalue weighted by Gasteiger charge is -2.26. The Bertz CT molecular complexity index is 1340. The van der Waals surface area contributed by atoms with Gasteiger partial charge in [-0.2, -0.15) is 0 Å². The molecule has 0 radical (unpaired) electrons. The van der Waals surface area contributed by atoms with Crippen LogP contribution in [-0.4, -0.2) is 83.6 Å². The first-order valence-electron chi connectivity index (χ1n) is 14.7. The quantitative estimate of drug-likeness (QED) is 0.156. The van der Waals surface area contributed by atoms with Crippen LogP contribution in [0, 0.1) is 5.82 Å². The van der Waals surface area contributed by atoms with Gasteiger partial charge in [0.25, 0.3) is 0 Å². The number of benzene rings is 2. The van der Waals surface area contributed by atoms with Crippen molar-refractivity contribution in [3.63, 3.8) is 0 Å². The molecule has 0 atom stereocenters. The smallest absolute Gasteiger partial charge is 0.303 e. The molecule has 1 fully saturated rings. The Morgan fingerprint density at radius 1 is 0.977 bits per heavy atom. The molecule has 240 valence electrons. The number of halogens is 2. The summed E-state index contributed by atoms with van der Waals surface area (Å²) in [7, 11) is 1.60. The fraction of sp³-hybridized carbons (Fsp3) is 0.484. The molecule has 1 aliphatic heterocycles. The lowest BCUT2D eigenvalue weighted by atomic mass is 10.1. The Morgan fingerprint density at radius 3 is 2.30 bits per heavy atom. The molecule has 1 aromatic heterocycles. The first kappa shape index (κ1) is 34.7. The van der Waals surface area contributed by atoms with Crippen LogP contribution in [-0.2, 0) is 14.3 Å². The minimum Gasteiger partial charge on any atom is -0.493 e. The topological polar surface area (TPSA) is 143 Å². The highest BCUT2D eigenvalue weighted by molar-refractivity contribution is 6.31. The van der Waals surface area contributed by atoms with Crippen molar-refractivity contribution in [3.05, 3.63) is 47.5 Å². The number of hydrogen-bond donors (Lipinski definition) is 3. The molecular formula is C31H40ClFN4O7. The molecule has 0 saturated carbocycles. The van der Waals surface area contributed by atoms with Gasteiger partial charge in [0.15, 0.2) is 11.5 Å². The van der Waals surface area contributed by atoms with E-state index in [1.807, 2.05) is 12.1 Å². The number of ether oxygens (including phenoxy) is 3. The van der Waals surface area contributed by atoms with Crippen LogP contribution in [0.15, 0.2) is 36.7 Å². The molecule has 0 unspecified atom stereocenters. The number of aliphatic carboxylic acids is 2. The summed E-state index contributed by atoms with van der Waals surface area (Å²) in [4.78, 5) is 31.2. The number of fused-ring (bicyclic) bond motifs is 1. The van der Waals surface area contributed by atoms with E-state index in [-0.39, 0.29) is 17.9 Å². The van der Waals surface area contributed by atoms with Gasteiger partial charge in [-0.15, -0.1) is 0 Å². The number of morpholine rings is 1.